The molecule has 1 aliphatic carbocycles. The summed E-state index contributed by atoms with van der Waals surface area (Å²) in [5.41, 5.74) is 8.08. The molecule has 24 heavy (non-hydrogen) atoms. The zero-order chi connectivity index (χ0) is 17.3. The number of hydrogen-bond donors (Lipinski definition) is 1. The van der Waals surface area contributed by atoms with Gasteiger partial charge in [0.1, 0.15) is 12.1 Å². The largest absolute Gasteiger partial charge is 0.383 e. The number of rotatable bonds is 4. The van der Waals surface area contributed by atoms with Gasteiger partial charge in [-0.3, -0.25) is 0 Å². The lowest BCUT2D eigenvalue weighted by Crippen LogP contribution is -2.24. The molecule has 0 bridgehead atoms. The minimum Gasteiger partial charge on any atom is -0.383 e. The third-order valence-electron chi connectivity index (χ3n) is 5.36. The van der Waals surface area contributed by atoms with Gasteiger partial charge in [0.15, 0.2) is 5.65 Å². The topological polar surface area (TPSA) is 69.6 Å². The van der Waals surface area contributed by atoms with E-state index in [1.54, 1.807) is 6.33 Å². The lowest BCUT2D eigenvalue weighted by Gasteiger charge is -2.28. The van der Waals surface area contributed by atoms with Crippen molar-refractivity contribution in [2.75, 3.05) is 5.73 Å². The highest BCUT2D eigenvalue weighted by atomic mass is 15.3. The SMILES string of the molecule is CCCCC1CCC(c2nn(C(C)(C)C)c3ncnc(N)c23)CC1. The molecular formula is C19H31N5. The van der Waals surface area contributed by atoms with Crippen LogP contribution in [-0.2, 0) is 5.54 Å². The zero-order valence-electron chi connectivity index (χ0n) is 15.5. The first-order chi connectivity index (χ1) is 11.4. The van der Waals surface area contributed by atoms with Crippen molar-refractivity contribution in [2.24, 2.45) is 5.92 Å². The van der Waals surface area contributed by atoms with Crippen molar-refractivity contribution in [1.29, 1.82) is 0 Å². The van der Waals surface area contributed by atoms with Gasteiger partial charge in [-0.2, -0.15) is 5.10 Å². The van der Waals surface area contributed by atoms with Gasteiger partial charge in [-0.25, -0.2) is 14.6 Å². The number of nitrogens with two attached hydrogens (primary N) is 1. The van der Waals surface area contributed by atoms with Crippen LogP contribution in [0.15, 0.2) is 6.33 Å². The van der Waals surface area contributed by atoms with Gasteiger partial charge < -0.3 is 5.73 Å². The van der Waals surface area contributed by atoms with Crippen LogP contribution in [0, 0.1) is 5.92 Å². The molecule has 1 saturated carbocycles. The highest BCUT2D eigenvalue weighted by Crippen LogP contribution is 2.41. The minimum absolute atomic E-state index is 0.115. The standard InChI is InChI=1S/C19H31N5/c1-5-6-7-13-8-10-14(11-9-13)16-15-17(20)21-12-22-18(15)24(23-16)19(2,3)4/h12-14H,5-11H2,1-4H3,(H2,20,21,22). The van der Waals surface area contributed by atoms with E-state index in [9.17, 15) is 0 Å². The van der Waals surface area contributed by atoms with Crippen LogP contribution in [0.2, 0.25) is 0 Å². The van der Waals surface area contributed by atoms with Crippen molar-refractivity contribution in [3.05, 3.63) is 12.0 Å². The van der Waals surface area contributed by atoms with Crippen molar-refractivity contribution >= 4 is 16.9 Å². The summed E-state index contributed by atoms with van der Waals surface area (Å²) in [5, 5.41) is 5.94. The van der Waals surface area contributed by atoms with E-state index < -0.39 is 0 Å². The average molecular weight is 329 g/mol. The predicted octanol–water partition coefficient (Wildman–Crippen LogP) is 4.63. The molecule has 0 aliphatic heterocycles. The third-order valence-corrected chi connectivity index (χ3v) is 5.36. The van der Waals surface area contributed by atoms with Crippen LogP contribution in [0.25, 0.3) is 11.0 Å². The predicted molar refractivity (Wildman–Crippen MR) is 99.0 cm³/mol. The maximum absolute atomic E-state index is 6.21. The monoisotopic (exact) mass is 329 g/mol. The van der Waals surface area contributed by atoms with Crippen LogP contribution in [0.1, 0.15) is 84.3 Å². The van der Waals surface area contributed by atoms with Gasteiger partial charge in [0, 0.05) is 5.92 Å². The van der Waals surface area contributed by atoms with Crippen LogP contribution in [0.4, 0.5) is 5.82 Å². The summed E-state index contributed by atoms with van der Waals surface area (Å²) in [6.45, 7) is 8.75. The number of nitrogens with zero attached hydrogens (tertiary/aromatic N) is 4. The molecule has 0 aromatic carbocycles. The molecule has 2 aromatic heterocycles. The van der Waals surface area contributed by atoms with Gasteiger partial charge >= 0.3 is 0 Å². The molecule has 2 heterocycles. The Balaban J connectivity index is 1.90. The van der Waals surface area contributed by atoms with E-state index in [1.807, 2.05) is 4.68 Å². The van der Waals surface area contributed by atoms with Gasteiger partial charge in [-0.05, 0) is 52.4 Å². The Morgan fingerprint density at radius 2 is 1.88 bits per heavy atom. The Morgan fingerprint density at radius 3 is 2.50 bits per heavy atom. The van der Waals surface area contributed by atoms with Gasteiger partial charge in [0.05, 0.1) is 16.6 Å². The highest BCUT2D eigenvalue weighted by Gasteiger charge is 2.30. The molecule has 2 aromatic rings. The number of nitrogen functional groups attached to an aromatic ring is 1. The molecule has 0 amide bonds. The number of unbranched alkanes of at least 4 members (excludes halogenated alkanes) is 1. The van der Waals surface area contributed by atoms with E-state index in [-0.39, 0.29) is 5.54 Å². The van der Waals surface area contributed by atoms with Gasteiger partial charge in [-0.15, -0.1) is 0 Å². The lowest BCUT2D eigenvalue weighted by molar-refractivity contribution is 0.297. The van der Waals surface area contributed by atoms with Crippen molar-refractivity contribution in [3.8, 4) is 0 Å². The van der Waals surface area contributed by atoms with Crippen LogP contribution < -0.4 is 5.73 Å². The molecule has 1 fully saturated rings. The van der Waals surface area contributed by atoms with E-state index in [4.69, 9.17) is 10.8 Å². The smallest absolute Gasteiger partial charge is 0.164 e. The Kier molecular flexibility index (Phi) is 4.79. The summed E-state index contributed by atoms with van der Waals surface area (Å²) >= 11 is 0. The molecule has 3 rings (SSSR count). The normalized spacial score (nSPS) is 22.2. The van der Waals surface area contributed by atoms with Gasteiger partial charge in [0.25, 0.3) is 0 Å². The summed E-state index contributed by atoms with van der Waals surface area (Å²) in [4.78, 5) is 8.72. The van der Waals surface area contributed by atoms with Crippen LogP contribution >= 0.6 is 0 Å². The number of anilines is 1. The molecule has 132 valence electrons. The fraction of sp³-hybridized carbons (Fsp3) is 0.737. The average Bonchev–Trinajstić information content (AvgIpc) is 2.95. The zero-order valence-corrected chi connectivity index (χ0v) is 15.5. The summed E-state index contributed by atoms with van der Waals surface area (Å²) in [5.74, 6) is 1.95. The molecular weight excluding hydrogens is 298 g/mol. The van der Waals surface area contributed by atoms with Crippen LogP contribution in [-0.4, -0.2) is 19.7 Å². The summed E-state index contributed by atoms with van der Waals surface area (Å²) < 4.78 is 2.03. The molecule has 0 unspecified atom stereocenters. The quantitative estimate of drug-likeness (QED) is 0.888. The molecule has 5 heteroatoms. The first-order valence-corrected chi connectivity index (χ1v) is 9.41. The molecule has 1 aliphatic rings. The maximum atomic E-state index is 6.21. The van der Waals surface area contributed by atoms with E-state index in [0.717, 1.165) is 22.6 Å². The Morgan fingerprint density at radius 1 is 1.17 bits per heavy atom. The Hall–Kier alpha value is -1.65. The first-order valence-electron chi connectivity index (χ1n) is 9.41. The molecule has 5 nitrogen and oxygen atoms in total. The molecule has 0 atom stereocenters. The molecule has 2 N–H and O–H groups in total. The maximum Gasteiger partial charge on any atom is 0.164 e. The summed E-state index contributed by atoms with van der Waals surface area (Å²) in [7, 11) is 0. The molecule has 0 spiro atoms. The Labute approximate surface area is 145 Å². The van der Waals surface area contributed by atoms with E-state index in [2.05, 4.69) is 37.7 Å². The number of hydrogen-bond acceptors (Lipinski definition) is 4. The summed E-state index contributed by atoms with van der Waals surface area (Å²) in [6, 6.07) is 0. The van der Waals surface area contributed by atoms with Gasteiger partial charge in [0.2, 0.25) is 0 Å². The van der Waals surface area contributed by atoms with Crippen molar-refractivity contribution < 1.29 is 0 Å². The van der Waals surface area contributed by atoms with Gasteiger partial charge in [-0.1, -0.05) is 26.2 Å². The Bertz CT molecular complexity index is 690. The molecule has 0 saturated heterocycles. The fourth-order valence-corrected chi connectivity index (χ4v) is 3.97. The second-order valence-electron chi connectivity index (χ2n) is 8.29. The molecule has 0 radical (unpaired) electrons. The summed E-state index contributed by atoms with van der Waals surface area (Å²) in [6.07, 6.45) is 10.6. The highest BCUT2D eigenvalue weighted by molar-refractivity contribution is 5.88. The first kappa shape index (κ1) is 17.2. The van der Waals surface area contributed by atoms with E-state index in [1.165, 1.54) is 44.9 Å². The van der Waals surface area contributed by atoms with Crippen LogP contribution in [0.3, 0.4) is 0 Å². The second-order valence-corrected chi connectivity index (χ2v) is 8.29. The third kappa shape index (κ3) is 3.26. The lowest BCUT2D eigenvalue weighted by atomic mass is 9.78. The van der Waals surface area contributed by atoms with E-state index in [0.29, 0.717) is 11.7 Å². The van der Waals surface area contributed by atoms with Crippen molar-refractivity contribution in [2.45, 2.75) is 84.1 Å². The van der Waals surface area contributed by atoms with E-state index >= 15 is 0 Å². The van der Waals surface area contributed by atoms with Crippen molar-refractivity contribution in [1.82, 2.24) is 19.7 Å². The minimum atomic E-state index is -0.115. The number of aromatic nitrogens is 4. The second kappa shape index (κ2) is 6.69. The van der Waals surface area contributed by atoms with Crippen molar-refractivity contribution in [3.63, 3.8) is 0 Å². The fourth-order valence-electron chi connectivity index (χ4n) is 3.97. The van der Waals surface area contributed by atoms with Crippen LogP contribution in [0.5, 0.6) is 0 Å². The number of fused-ring (bicyclic) bond motifs is 1.